The van der Waals surface area contributed by atoms with Crippen molar-refractivity contribution in [2.24, 2.45) is 17.3 Å². The average molecular weight is 589 g/mol. The van der Waals surface area contributed by atoms with Gasteiger partial charge in [-0.25, -0.2) is 0 Å². The van der Waals surface area contributed by atoms with Gasteiger partial charge in [-0.3, -0.25) is 0 Å². The lowest BCUT2D eigenvalue weighted by atomic mass is 9.48. The van der Waals surface area contributed by atoms with Gasteiger partial charge in [0.05, 0.1) is 40.6 Å². The third-order valence-corrected chi connectivity index (χ3v) is 9.04. The number of hydrogen-bond acceptors (Lipinski definition) is 4. The van der Waals surface area contributed by atoms with Crippen molar-refractivity contribution in [2.45, 2.75) is 39.7 Å². The molecule has 0 amide bonds. The number of benzene rings is 1. The first kappa shape index (κ1) is 27.0. The Labute approximate surface area is 218 Å². The number of hydrogen-bond donors (Lipinski definition) is 0. The maximum atomic E-state index is 6.19. The number of nitrogens with zero attached hydrogens (tertiary/aromatic N) is 1. The van der Waals surface area contributed by atoms with Crippen LogP contribution in [0.4, 0.5) is 0 Å². The van der Waals surface area contributed by atoms with E-state index in [2.05, 4.69) is 41.9 Å². The molecule has 2 unspecified atom stereocenters. The van der Waals surface area contributed by atoms with Crippen molar-refractivity contribution in [2.75, 3.05) is 60.3 Å². The molecule has 1 aromatic carbocycles. The number of morpholine rings is 1. The van der Waals surface area contributed by atoms with E-state index in [4.69, 9.17) is 18.9 Å². The van der Waals surface area contributed by atoms with E-state index in [-0.39, 0.29) is 17.0 Å². The minimum atomic E-state index is 0. The highest BCUT2D eigenvalue weighted by molar-refractivity contribution is 9.10. The van der Waals surface area contributed by atoms with Crippen LogP contribution < -0.4 is 26.5 Å². The lowest BCUT2D eigenvalue weighted by molar-refractivity contribution is -0.947. The lowest BCUT2D eigenvalue weighted by Crippen LogP contribution is -3.00. The Morgan fingerprint density at radius 2 is 1.79 bits per heavy atom. The summed E-state index contributed by atoms with van der Waals surface area (Å²) in [6.07, 6.45) is 6.24. The average Bonchev–Trinajstić information content (AvgIpc) is 2.80. The molecule has 33 heavy (non-hydrogen) atoms. The largest absolute Gasteiger partial charge is 1.00 e. The van der Waals surface area contributed by atoms with Crippen molar-refractivity contribution in [3.63, 3.8) is 0 Å². The van der Waals surface area contributed by atoms with E-state index in [1.54, 1.807) is 19.8 Å². The summed E-state index contributed by atoms with van der Waals surface area (Å²) in [6.45, 7) is 12.0. The fraction of sp³-hybridized carbons (Fsp3) is 0.692. The Hall–Kier alpha value is -0.600. The van der Waals surface area contributed by atoms with Crippen LogP contribution in [-0.2, 0) is 16.0 Å². The highest BCUT2D eigenvalue weighted by Crippen LogP contribution is 2.59. The number of halogens is 2. The van der Waals surface area contributed by atoms with Gasteiger partial charge in [0.15, 0.2) is 11.5 Å². The van der Waals surface area contributed by atoms with E-state index in [1.165, 1.54) is 18.4 Å². The predicted octanol–water partition coefficient (Wildman–Crippen LogP) is 2.22. The Bertz CT molecular complexity index is 836. The molecule has 7 heteroatoms. The second-order valence-electron chi connectivity index (χ2n) is 10.3. The quantitative estimate of drug-likeness (QED) is 0.239. The standard InChI is InChI=1S/C26H39BrNO4.BrH/c1-26(2)21-6-5-19(22(26)16-21)7-11-31-12-8-28(9-13-32-14-10-28)18-20-15-24(29-3)25(30-4)17-23(20)27;/h5,15,17,21-22H,6-14,16,18H2,1-4H3;1H/q+1;/p-1. The van der Waals surface area contributed by atoms with Crippen molar-refractivity contribution in [3.8, 4) is 11.5 Å². The summed E-state index contributed by atoms with van der Waals surface area (Å²) in [5.41, 5.74) is 3.38. The van der Waals surface area contributed by atoms with Gasteiger partial charge < -0.3 is 40.4 Å². The van der Waals surface area contributed by atoms with Gasteiger partial charge in [-0.1, -0.05) is 41.4 Å². The van der Waals surface area contributed by atoms with Gasteiger partial charge in [0.25, 0.3) is 0 Å². The fourth-order valence-electron chi connectivity index (χ4n) is 5.88. The predicted molar refractivity (Wildman–Crippen MR) is 130 cm³/mol. The monoisotopic (exact) mass is 587 g/mol. The lowest BCUT2D eigenvalue weighted by Gasteiger charge is -2.56. The summed E-state index contributed by atoms with van der Waals surface area (Å²) >= 11 is 3.74. The Balaban J connectivity index is 0.00000306. The zero-order valence-electron chi connectivity index (χ0n) is 20.5. The molecule has 0 aromatic heterocycles. The van der Waals surface area contributed by atoms with Crippen molar-refractivity contribution < 1.29 is 40.4 Å². The minimum Gasteiger partial charge on any atom is -1.00 e. The Morgan fingerprint density at radius 1 is 1.09 bits per heavy atom. The third-order valence-electron chi connectivity index (χ3n) is 8.31. The first-order valence-electron chi connectivity index (χ1n) is 12.0. The molecular weight excluding hydrogens is 550 g/mol. The van der Waals surface area contributed by atoms with E-state index < -0.39 is 0 Å². The number of quaternary nitrogens is 1. The summed E-state index contributed by atoms with van der Waals surface area (Å²) in [7, 11) is 3.36. The van der Waals surface area contributed by atoms with Crippen molar-refractivity contribution in [1.82, 2.24) is 0 Å². The highest BCUT2D eigenvalue weighted by atomic mass is 79.9. The molecule has 1 aliphatic heterocycles. The maximum Gasteiger partial charge on any atom is 0.161 e. The molecule has 1 saturated heterocycles. The molecule has 186 valence electrons. The zero-order chi connectivity index (χ0) is 22.8. The number of methoxy groups -OCH3 is 2. The molecule has 2 fully saturated rings. The molecule has 0 N–H and O–H groups in total. The van der Waals surface area contributed by atoms with Gasteiger partial charge in [-0.15, -0.1) is 0 Å². The molecule has 4 aliphatic rings. The van der Waals surface area contributed by atoms with Gasteiger partial charge in [0.2, 0.25) is 0 Å². The second kappa shape index (κ2) is 11.4. The third kappa shape index (κ3) is 5.80. The van der Waals surface area contributed by atoms with Crippen LogP contribution in [0.1, 0.15) is 38.7 Å². The molecule has 1 aromatic rings. The van der Waals surface area contributed by atoms with E-state index in [0.717, 1.165) is 91.3 Å². The molecule has 0 radical (unpaired) electrons. The van der Waals surface area contributed by atoms with Crippen molar-refractivity contribution >= 4 is 15.9 Å². The summed E-state index contributed by atoms with van der Waals surface area (Å²) < 4.78 is 24.9. The summed E-state index contributed by atoms with van der Waals surface area (Å²) in [4.78, 5) is 0. The number of rotatable bonds is 10. The van der Waals surface area contributed by atoms with Crippen LogP contribution in [0.15, 0.2) is 28.3 Å². The van der Waals surface area contributed by atoms with Crippen LogP contribution in [-0.4, -0.2) is 64.8 Å². The minimum absolute atomic E-state index is 0. The van der Waals surface area contributed by atoms with Crippen molar-refractivity contribution in [1.29, 1.82) is 0 Å². The Kier molecular flexibility index (Phi) is 9.35. The van der Waals surface area contributed by atoms with Gasteiger partial charge in [-0.05, 0) is 48.6 Å². The normalized spacial score (nSPS) is 24.8. The molecule has 5 nitrogen and oxygen atoms in total. The summed E-state index contributed by atoms with van der Waals surface area (Å²) in [6, 6.07) is 4.11. The fourth-order valence-corrected chi connectivity index (χ4v) is 6.33. The summed E-state index contributed by atoms with van der Waals surface area (Å²) in [5.74, 6) is 3.21. The van der Waals surface area contributed by atoms with Crippen LogP contribution in [0, 0.1) is 17.3 Å². The van der Waals surface area contributed by atoms with Gasteiger partial charge in [-0.2, -0.15) is 0 Å². The number of allylic oxidation sites excluding steroid dienone is 1. The molecule has 3 aliphatic carbocycles. The topological polar surface area (TPSA) is 36.9 Å². The van der Waals surface area contributed by atoms with Crippen LogP contribution >= 0.6 is 15.9 Å². The van der Waals surface area contributed by atoms with E-state index in [0.29, 0.717) is 5.41 Å². The second-order valence-corrected chi connectivity index (χ2v) is 11.1. The van der Waals surface area contributed by atoms with Crippen LogP contribution in [0.2, 0.25) is 0 Å². The van der Waals surface area contributed by atoms with Gasteiger partial charge in [0, 0.05) is 10.0 Å². The first-order valence-corrected chi connectivity index (χ1v) is 12.8. The molecule has 0 spiro atoms. The van der Waals surface area contributed by atoms with Crippen molar-refractivity contribution in [3.05, 3.63) is 33.8 Å². The van der Waals surface area contributed by atoms with Crippen LogP contribution in [0.25, 0.3) is 0 Å². The van der Waals surface area contributed by atoms with E-state index in [9.17, 15) is 0 Å². The van der Waals surface area contributed by atoms with Gasteiger partial charge in [0.1, 0.15) is 26.2 Å². The molecule has 2 bridgehead atoms. The first-order chi connectivity index (χ1) is 15.4. The molecular formula is C26H39Br2NO4. The number of ether oxygens (including phenoxy) is 4. The SMILES string of the molecule is COc1cc(Br)c(C[N+]2(CCOCCC3=CCC4CC3C4(C)C)CCOCC2)cc1OC.[Br-]. The number of fused-ring (bicyclic) bond motifs is 1. The van der Waals surface area contributed by atoms with Gasteiger partial charge >= 0.3 is 0 Å². The molecule has 1 heterocycles. The van der Waals surface area contributed by atoms with E-state index >= 15 is 0 Å². The van der Waals surface area contributed by atoms with Crippen LogP contribution in [0.5, 0.6) is 11.5 Å². The summed E-state index contributed by atoms with van der Waals surface area (Å²) in [5, 5.41) is 0. The molecule has 5 rings (SSSR count). The van der Waals surface area contributed by atoms with Crippen LogP contribution in [0.3, 0.4) is 0 Å². The smallest absolute Gasteiger partial charge is 0.161 e. The molecule has 2 atom stereocenters. The molecule has 1 saturated carbocycles. The maximum absolute atomic E-state index is 6.19. The highest BCUT2D eigenvalue weighted by Gasteiger charge is 2.50. The Morgan fingerprint density at radius 3 is 2.42 bits per heavy atom. The van der Waals surface area contributed by atoms with E-state index in [1.807, 2.05) is 6.07 Å². The zero-order valence-corrected chi connectivity index (χ0v) is 23.7.